The highest BCUT2D eigenvalue weighted by atomic mass is 16.2. The van der Waals surface area contributed by atoms with E-state index in [1.54, 1.807) is 11.9 Å². The van der Waals surface area contributed by atoms with Crippen LogP contribution >= 0.6 is 0 Å². The predicted molar refractivity (Wildman–Crippen MR) is 63.8 cm³/mol. The van der Waals surface area contributed by atoms with Crippen LogP contribution in [-0.2, 0) is 9.59 Å². The van der Waals surface area contributed by atoms with Gasteiger partial charge in [-0.1, -0.05) is 13.8 Å². The summed E-state index contributed by atoms with van der Waals surface area (Å²) in [4.78, 5) is 24.7. The lowest BCUT2D eigenvalue weighted by molar-refractivity contribution is -0.133. The molecule has 0 aromatic carbocycles. The van der Waals surface area contributed by atoms with Gasteiger partial charge in [-0.3, -0.25) is 9.59 Å². The van der Waals surface area contributed by atoms with Crippen LogP contribution in [0.5, 0.6) is 0 Å². The van der Waals surface area contributed by atoms with E-state index in [-0.39, 0.29) is 18.4 Å². The molecule has 94 valence electrons. The minimum absolute atomic E-state index is 0.0160. The van der Waals surface area contributed by atoms with E-state index in [9.17, 15) is 9.59 Å². The van der Waals surface area contributed by atoms with Crippen molar-refractivity contribution in [1.29, 1.82) is 0 Å². The van der Waals surface area contributed by atoms with Crippen molar-refractivity contribution in [2.24, 2.45) is 5.73 Å². The molecule has 0 bridgehead atoms. The van der Waals surface area contributed by atoms with Crippen LogP contribution in [0.1, 0.15) is 33.6 Å². The van der Waals surface area contributed by atoms with E-state index >= 15 is 0 Å². The van der Waals surface area contributed by atoms with Gasteiger partial charge in [0, 0.05) is 13.6 Å². The molecule has 5 nitrogen and oxygen atoms in total. The van der Waals surface area contributed by atoms with Crippen molar-refractivity contribution in [3.05, 3.63) is 0 Å². The molecular weight excluding hydrogens is 206 g/mol. The van der Waals surface area contributed by atoms with Crippen LogP contribution in [0.4, 0.5) is 0 Å². The van der Waals surface area contributed by atoms with Gasteiger partial charge in [0.2, 0.25) is 11.8 Å². The smallest absolute Gasteiger partial charge is 0.241 e. The number of nitrogens with two attached hydrogens (primary N) is 1. The number of hydrogen-bond donors (Lipinski definition) is 2. The number of hydrogen-bond acceptors (Lipinski definition) is 3. The molecule has 3 N–H and O–H groups in total. The van der Waals surface area contributed by atoms with Gasteiger partial charge >= 0.3 is 0 Å². The molecule has 16 heavy (non-hydrogen) atoms. The molecular formula is C11H23N3O2. The summed E-state index contributed by atoms with van der Waals surface area (Å²) in [5, 5.41) is 2.58. The lowest BCUT2D eigenvalue weighted by Gasteiger charge is -2.25. The highest BCUT2D eigenvalue weighted by Crippen LogP contribution is 2.10. The van der Waals surface area contributed by atoms with Gasteiger partial charge in [-0.15, -0.1) is 0 Å². The van der Waals surface area contributed by atoms with Crippen LogP contribution in [0.25, 0.3) is 0 Å². The minimum atomic E-state index is -0.856. The Morgan fingerprint density at radius 3 is 2.12 bits per heavy atom. The van der Waals surface area contributed by atoms with E-state index in [1.165, 1.54) is 0 Å². The minimum Gasteiger partial charge on any atom is -0.345 e. The SMILES string of the molecule is CCN(C)C(=O)CNC(=O)C(N)(CC)CC. The van der Waals surface area contributed by atoms with E-state index in [0.29, 0.717) is 19.4 Å². The Bertz CT molecular complexity index is 250. The molecule has 0 spiro atoms. The van der Waals surface area contributed by atoms with Crippen molar-refractivity contribution in [3.63, 3.8) is 0 Å². The lowest BCUT2D eigenvalue weighted by Crippen LogP contribution is -2.54. The van der Waals surface area contributed by atoms with Crippen LogP contribution < -0.4 is 11.1 Å². The van der Waals surface area contributed by atoms with Crippen LogP contribution in [0.2, 0.25) is 0 Å². The third-order valence-corrected chi connectivity index (χ3v) is 3.01. The molecule has 0 fully saturated rings. The van der Waals surface area contributed by atoms with Gasteiger partial charge in [-0.25, -0.2) is 0 Å². The topological polar surface area (TPSA) is 75.4 Å². The van der Waals surface area contributed by atoms with Crippen LogP contribution in [0.3, 0.4) is 0 Å². The predicted octanol–water partition coefficient (Wildman–Crippen LogP) is 0.0984. The molecule has 5 heteroatoms. The Balaban J connectivity index is 4.22. The second kappa shape index (κ2) is 6.48. The van der Waals surface area contributed by atoms with Gasteiger partial charge in [-0.2, -0.15) is 0 Å². The standard InChI is InChI=1S/C11H23N3O2/c1-5-11(12,6-2)10(16)13-8-9(15)14(4)7-3/h5-8,12H2,1-4H3,(H,13,16). The number of likely N-dealkylation sites (N-methyl/N-ethyl adjacent to an activating group) is 1. The third kappa shape index (κ3) is 3.81. The maximum atomic E-state index is 11.7. The van der Waals surface area contributed by atoms with Crippen molar-refractivity contribution >= 4 is 11.8 Å². The first-order valence-corrected chi connectivity index (χ1v) is 5.72. The quantitative estimate of drug-likeness (QED) is 0.678. The Kier molecular flexibility index (Phi) is 6.03. The average Bonchev–Trinajstić information content (AvgIpc) is 2.33. The fraction of sp³-hybridized carbons (Fsp3) is 0.818. The Morgan fingerprint density at radius 2 is 1.75 bits per heavy atom. The Hall–Kier alpha value is -1.10. The first-order chi connectivity index (χ1) is 7.41. The largest absolute Gasteiger partial charge is 0.345 e. The Morgan fingerprint density at radius 1 is 1.25 bits per heavy atom. The molecule has 0 aromatic rings. The van der Waals surface area contributed by atoms with Gasteiger partial charge in [0.25, 0.3) is 0 Å². The first-order valence-electron chi connectivity index (χ1n) is 5.72. The van der Waals surface area contributed by atoms with E-state index in [0.717, 1.165) is 0 Å². The average molecular weight is 229 g/mol. The van der Waals surface area contributed by atoms with E-state index in [4.69, 9.17) is 5.73 Å². The molecule has 0 aliphatic heterocycles. The number of amides is 2. The number of nitrogens with one attached hydrogen (secondary N) is 1. The molecule has 0 aliphatic carbocycles. The molecule has 0 aromatic heterocycles. The molecule has 0 saturated carbocycles. The maximum Gasteiger partial charge on any atom is 0.241 e. The van der Waals surface area contributed by atoms with Crippen molar-refractivity contribution in [2.75, 3.05) is 20.1 Å². The summed E-state index contributed by atoms with van der Waals surface area (Å²) < 4.78 is 0. The summed E-state index contributed by atoms with van der Waals surface area (Å²) >= 11 is 0. The van der Waals surface area contributed by atoms with Crippen LogP contribution in [0.15, 0.2) is 0 Å². The summed E-state index contributed by atoms with van der Waals surface area (Å²) in [5.74, 6) is -0.360. The maximum absolute atomic E-state index is 11.7. The monoisotopic (exact) mass is 229 g/mol. The van der Waals surface area contributed by atoms with Gasteiger partial charge in [0.05, 0.1) is 12.1 Å². The van der Waals surface area contributed by atoms with Gasteiger partial charge in [0.15, 0.2) is 0 Å². The van der Waals surface area contributed by atoms with Gasteiger partial charge < -0.3 is 16.0 Å². The fourth-order valence-electron chi connectivity index (χ4n) is 1.21. The highest BCUT2D eigenvalue weighted by molar-refractivity contribution is 5.89. The molecule has 0 aliphatic rings. The first kappa shape index (κ1) is 14.9. The number of rotatable bonds is 6. The number of carbonyl (C=O) groups excluding carboxylic acids is 2. The fourth-order valence-corrected chi connectivity index (χ4v) is 1.21. The van der Waals surface area contributed by atoms with Gasteiger partial charge in [0.1, 0.15) is 0 Å². The summed E-state index contributed by atoms with van der Waals surface area (Å²) in [6, 6.07) is 0. The lowest BCUT2D eigenvalue weighted by atomic mass is 9.93. The zero-order valence-corrected chi connectivity index (χ0v) is 10.7. The van der Waals surface area contributed by atoms with Crippen molar-refractivity contribution in [2.45, 2.75) is 39.2 Å². The summed E-state index contributed by atoms with van der Waals surface area (Å²) in [5.41, 5.74) is 5.04. The molecule has 0 radical (unpaired) electrons. The second-order valence-electron chi connectivity index (χ2n) is 3.95. The highest BCUT2D eigenvalue weighted by Gasteiger charge is 2.29. The zero-order chi connectivity index (χ0) is 12.8. The third-order valence-electron chi connectivity index (χ3n) is 3.01. The summed E-state index contributed by atoms with van der Waals surface area (Å²) in [6.45, 7) is 6.25. The van der Waals surface area contributed by atoms with Gasteiger partial charge in [-0.05, 0) is 19.8 Å². The Labute approximate surface area is 97.4 Å². The van der Waals surface area contributed by atoms with E-state index < -0.39 is 5.54 Å². The zero-order valence-electron chi connectivity index (χ0n) is 10.7. The van der Waals surface area contributed by atoms with Crippen LogP contribution in [-0.4, -0.2) is 42.4 Å². The molecule has 0 atom stereocenters. The summed E-state index contributed by atoms with van der Waals surface area (Å²) in [6.07, 6.45) is 1.13. The molecule has 0 heterocycles. The van der Waals surface area contributed by atoms with E-state index in [2.05, 4.69) is 5.32 Å². The molecule has 0 saturated heterocycles. The van der Waals surface area contributed by atoms with Crippen molar-refractivity contribution in [1.82, 2.24) is 10.2 Å². The number of nitrogens with zero attached hydrogens (tertiary/aromatic N) is 1. The van der Waals surface area contributed by atoms with E-state index in [1.807, 2.05) is 20.8 Å². The second-order valence-corrected chi connectivity index (χ2v) is 3.95. The number of carbonyl (C=O) groups is 2. The van der Waals surface area contributed by atoms with Crippen molar-refractivity contribution < 1.29 is 9.59 Å². The summed E-state index contributed by atoms with van der Waals surface area (Å²) in [7, 11) is 1.70. The van der Waals surface area contributed by atoms with Crippen molar-refractivity contribution in [3.8, 4) is 0 Å². The normalized spacial score (nSPS) is 11.1. The van der Waals surface area contributed by atoms with Crippen LogP contribution in [0, 0.1) is 0 Å². The molecule has 0 unspecified atom stereocenters. The molecule has 2 amide bonds. The molecule has 0 rings (SSSR count).